The average molecular weight is 287 g/mol. The van der Waals surface area contributed by atoms with Crippen molar-refractivity contribution in [3.63, 3.8) is 0 Å². The maximum atomic E-state index is 11.9. The fraction of sp³-hybridized carbons (Fsp3) is 0.462. The molecular formula is C13H19ClN2O3. The molecule has 106 valence electrons. The van der Waals surface area contributed by atoms with Crippen molar-refractivity contribution in [2.24, 2.45) is 0 Å². The first-order chi connectivity index (χ1) is 8.99. The molecule has 0 unspecified atom stereocenters. The van der Waals surface area contributed by atoms with Gasteiger partial charge in [-0.15, -0.1) is 0 Å². The van der Waals surface area contributed by atoms with Crippen LogP contribution in [-0.4, -0.2) is 52.0 Å². The van der Waals surface area contributed by atoms with Crippen molar-refractivity contribution in [2.75, 3.05) is 40.2 Å². The summed E-state index contributed by atoms with van der Waals surface area (Å²) >= 11 is 6.08. The third kappa shape index (κ3) is 4.38. The number of amides is 1. The molecule has 0 aliphatic carbocycles. The Morgan fingerprint density at radius 3 is 2.53 bits per heavy atom. The maximum Gasteiger partial charge on any atom is 0.253 e. The fourth-order valence-electron chi connectivity index (χ4n) is 1.51. The smallest absolute Gasteiger partial charge is 0.253 e. The van der Waals surface area contributed by atoms with Gasteiger partial charge in [0.15, 0.2) is 6.29 Å². The molecule has 1 aromatic carbocycles. The van der Waals surface area contributed by atoms with Gasteiger partial charge in [0.2, 0.25) is 0 Å². The Morgan fingerprint density at radius 1 is 1.37 bits per heavy atom. The molecule has 0 heterocycles. The van der Waals surface area contributed by atoms with E-state index in [1.165, 1.54) is 4.90 Å². The summed E-state index contributed by atoms with van der Waals surface area (Å²) in [6.45, 7) is 0.437. The van der Waals surface area contributed by atoms with Crippen LogP contribution in [0.2, 0.25) is 5.02 Å². The minimum absolute atomic E-state index is 0.0743. The highest BCUT2D eigenvalue weighted by Gasteiger charge is 2.12. The minimum atomic E-state index is -0.371. The highest BCUT2D eigenvalue weighted by atomic mass is 35.5. The van der Waals surface area contributed by atoms with Crippen LogP contribution in [0.4, 0.5) is 5.69 Å². The van der Waals surface area contributed by atoms with E-state index in [-0.39, 0.29) is 12.2 Å². The number of benzene rings is 1. The van der Waals surface area contributed by atoms with Crippen LogP contribution in [-0.2, 0) is 9.47 Å². The van der Waals surface area contributed by atoms with Crippen LogP contribution in [0.1, 0.15) is 10.4 Å². The lowest BCUT2D eigenvalue weighted by molar-refractivity contribution is -0.0914. The Balaban J connectivity index is 2.83. The highest BCUT2D eigenvalue weighted by molar-refractivity contribution is 6.33. The quantitative estimate of drug-likeness (QED) is 0.814. The molecule has 0 radical (unpaired) electrons. The van der Waals surface area contributed by atoms with Crippen LogP contribution in [0.3, 0.4) is 0 Å². The van der Waals surface area contributed by atoms with E-state index in [0.717, 1.165) is 0 Å². The van der Waals surface area contributed by atoms with Gasteiger partial charge in [0.25, 0.3) is 5.91 Å². The normalized spacial score (nSPS) is 10.6. The van der Waals surface area contributed by atoms with Gasteiger partial charge < -0.3 is 19.7 Å². The van der Waals surface area contributed by atoms with Crippen LogP contribution >= 0.6 is 11.6 Å². The predicted octanol–water partition coefficient (Wildman–Crippen LogP) is 2.07. The Kier molecular flexibility index (Phi) is 6.08. The summed E-state index contributed by atoms with van der Waals surface area (Å²) in [6.07, 6.45) is -0.371. The Bertz CT molecular complexity index is 434. The molecule has 0 spiro atoms. The number of anilines is 1. The standard InChI is InChI=1S/C13H19ClN2O3/c1-16(2)13(17)9-5-6-10(14)11(7-9)15-8-12(18-3)19-4/h5-7,12,15H,8H2,1-4H3. The first-order valence-electron chi connectivity index (χ1n) is 5.80. The predicted molar refractivity (Wildman–Crippen MR) is 75.8 cm³/mol. The number of carbonyl (C=O) groups excluding carboxylic acids is 1. The Morgan fingerprint density at radius 2 is 2.00 bits per heavy atom. The number of nitrogens with one attached hydrogen (secondary N) is 1. The SMILES string of the molecule is COC(CNc1cc(C(=O)N(C)C)ccc1Cl)OC. The van der Waals surface area contributed by atoms with E-state index < -0.39 is 0 Å². The molecule has 1 amide bonds. The van der Waals surface area contributed by atoms with E-state index in [1.807, 2.05) is 0 Å². The summed E-state index contributed by atoms with van der Waals surface area (Å²) in [4.78, 5) is 13.4. The van der Waals surface area contributed by atoms with E-state index in [1.54, 1.807) is 46.5 Å². The summed E-state index contributed by atoms with van der Waals surface area (Å²) < 4.78 is 10.1. The first-order valence-corrected chi connectivity index (χ1v) is 6.18. The van der Waals surface area contributed by atoms with E-state index >= 15 is 0 Å². The molecule has 1 aromatic rings. The van der Waals surface area contributed by atoms with Crippen molar-refractivity contribution in [3.8, 4) is 0 Å². The average Bonchev–Trinajstić information content (AvgIpc) is 2.40. The summed E-state index contributed by atoms with van der Waals surface area (Å²) in [7, 11) is 6.53. The maximum absolute atomic E-state index is 11.9. The van der Waals surface area contributed by atoms with E-state index in [9.17, 15) is 4.79 Å². The number of ether oxygens (including phenoxy) is 2. The van der Waals surface area contributed by atoms with Crippen molar-refractivity contribution >= 4 is 23.2 Å². The molecule has 0 bridgehead atoms. The number of nitrogens with zero attached hydrogens (tertiary/aromatic N) is 1. The molecule has 0 saturated heterocycles. The van der Waals surface area contributed by atoms with E-state index in [2.05, 4.69) is 5.32 Å². The van der Waals surface area contributed by atoms with Crippen molar-refractivity contribution in [1.82, 2.24) is 4.90 Å². The second-order valence-corrected chi connectivity index (χ2v) is 4.58. The molecule has 0 atom stereocenters. The van der Waals surface area contributed by atoms with Gasteiger partial charge in [0.05, 0.1) is 17.3 Å². The van der Waals surface area contributed by atoms with E-state index in [4.69, 9.17) is 21.1 Å². The molecular weight excluding hydrogens is 268 g/mol. The van der Waals surface area contributed by atoms with Crippen molar-refractivity contribution in [1.29, 1.82) is 0 Å². The largest absolute Gasteiger partial charge is 0.379 e. The molecule has 0 saturated carbocycles. The van der Waals surface area contributed by atoms with Crippen LogP contribution in [0, 0.1) is 0 Å². The zero-order valence-electron chi connectivity index (χ0n) is 11.6. The molecule has 1 N–H and O–H groups in total. The molecule has 1 rings (SSSR count). The van der Waals surface area contributed by atoms with Crippen LogP contribution in [0.25, 0.3) is 0 Å². The number of hydrogen-bond donors (Lipinski definition) is 1. The number of carbonyl (C=O) groups is 1. The van der Waals surface area contributed by atoms with Gasteiger partial charge in [0.1, 0.15) is 0 Å². The van der Waals surface area contributed by atoms with Gasteiger partial charge in [-0.1, -0.05) is 11.6 Å². The van der Waals surface area contributed by atoms with Gasteiger partial charge in [-0.25, -0.2) is 0 Å². The number of halogens is 1. The van der Waals surface area contributed by atoms with Gasteiger partial charge in [-0.05, 0) is 18.2 Å². The molecule has 5 nitrogen and oxygen atoms in total. The number of methoxy groups -OCH3 is 2. The molecule has 0 aliphatic heterocycles. The lowest BCUT2D eigenvalue weighted by Gasteiger charge is -2.17. The summed E-state index contributed by atoms with van der Waals surface area (Å²) in [5.74, 6) is -0.0743. The number of hydrogen-bond acceptors (Lipinski definition) is 4. The third-order valence-electron chi connectivity index (χ3n) is 2.60. The van der Waals surface area contributed by atoms with Crippen molar-refractivity contribution < 1.29 is 14.3 Å². The Hall–Kier alpha value is -1.30. The molecule has 19 heavy (non-hydrogen) atoms. The summed E-state index contributed by atoms with van der Waals surface area (Å²) in [5, 5.41) is 3.64. The highest BCUT2D eigenvalue weighted by Crippen LogP contribution is 2.23. The zero-order chi connectivity index (χ0) is 14.4. The van der Waals surface area contributed by atoms with Gasteiger partial charge >= 0.3 is 0 Å². The van der Waals surface area contributed by atoms with Crippen LogP contribution in [0.5, 0.6) is 0 Å². The molecule has 0 fully saturated rings. The second-order valence-electron chi connectivity index (χ2n) is 4.18. The van der Waals surface area contributed by atoms with Crippen LogP contribution < -0.4 is 5.32 Å². The monoisotopic (exact) mass is 286 g/mol. The fourth-order valence-corrected chi connectivity index (χ4v) is 1.69. The lowest BCUT2D eigenvalue weighted by atomic mass is 10.2. The molecule has 0 aromatic heterocycles. The zero-order valence-corrected chi connectivity index (χ0v) is 12.3. The van der Waals surface area contributed by atoms with Crippen molar-refractivity contribution in [2.45, 2.75) is 6.29 Å². The minimum Gasteiger partial charge on any atom is -0.379 e. The summed E-state index contributed by atoms with van der Waals surface area (Å²) in [6, 6.07) is 5.10. The van der Waals surface area contributed by atoms with E-state index in [0.29, 0.717) is 22.8 Å². The lowest BCUT2D eigenvalue weighted by Crippen LogP contribution is -2.24. The third-order valence-corrected chi connectivity index (χ3v) is 2.93. The first kappa shape index (κ1) is 15.8. The van der Waals surface area contributed by atoms with Crippen LogP contribution in [0.15, 0.2) is 18.2 Å². The van der Waals surface area contributed by atoms with Gasteiger partial charge in [0, 0.05) is 33.9 Å². The Labute approximate surface area is 118 Å². The van der Waals surface area contributed by atoms with Gasteiger partial charge in [-0.2, -0.15) is 0 Å². The molecule has 0 aliphatic rings. The summed E-state index contributed by atoms with van der Waals surface area (Å²) in [5.41, 5.74) is 1.25. The van der Waals surface area contributed by atoms with Crippen molar-refractivity contribution in [3.05, 3.63) is 28.8 Å². The van der Waals surface area contributed by atoms with Gasteiger partial charge in [-0.3, -0.25) is 4.79 Å². The molecule has 6 heteroatoms. The number of rotatable bonds is 6. The second kappa shape index (κ2) is 7.33. The topological polar surface area (TPSA) is 50.8 Å².